The highest BCUT2D eigenvalue weighted by Gasteiger charge is 2.39. The molecule has 2 aliphatic carbocycles. The standard InChI is InChI=1S/C27H32N6O7/c1-14-4-5-17(25(36)33(19-8-9-19)27(38)40-13-39-26(37)16(3)34)10-21(14)32-23(30-12-28)22-15(2)20(11-29-22)24(35)31-18-6-7-18/h4-5,10-12,16,18-19,29,34H,6-9,13H2,1-3H3,(H,31,35)(H2,28,30,32). The van der Waals surface area contributed by atoms with Gasteiger partial charge in [0.2, 0.25) is 6.79 Å². The molecule has 0 saturated heterocycles. The molecule has 4 rings (SSSR count). The van der Waals surface area contributed by atoms with Crippen molar-refractivity contribution in [2.45, 2.75) is 64.6 Å². The topological polar surface area (TPSA) is 189 Å². The van der Waals surface area contributed by atoms with Crippen molar-refractivity contribution >= 4 is 41.7 Å². The molecule has 5 N–H and O–H groups in total. The third kappa shape index (κ3) is 6.72. The Morgan fingerprint density at radius 2 is 1.93 bits per heavy atom. The van der Waals surface area contributed by atoms with Crippen LogP contribution in [0.2, 0.25) is 0 Å². The zero-order valence-corrected chi connectivity index (χ0v) is 22.5. The average molecular weight is 553 g/mol. The summed E-state index contributed by atoms with van der Waals surface area (Å²) in [5.74, 6) is -1.54. The number of hydrogen-bond acceptors (Lipinski definition) is 8. The molecule has 3 amide bonds. The summed E-state index contributed by atoms with van der Waals surface area (Å²) in [4.78, 5) is 62.9. The Hall–Kier alpha value is -4.52. The number of aliphatic hydroxyl groups excluding tert-OH is 1. The number of carbonyl (C=O) groups excluding carboxylic acids is 4. The van der Waals surface area contributed by atoms with Gasteiger partial charge in [-0.3, -0.25) is 9.59 Å². The van der Waals surface area contributed by atoms with Gasteiger partial charge in [0.15, 0.2) is 5.84 Å². The van der Waals surface area contributed by atoms with Crippen LogP contribution in [0, 0.1) is 13.8 Å². The van der Waals surface area contributed by atoms with E-state index in [1.165, 1.54) is 13.0 Å². The first-order valence-electron chi connectivity index (χ1n) is 12.9. The number of benzene rings is 1. The number of nitrogens with one attached hydrogen (secondary N) is 2. The number of aliphatic hydroxyl groups is 1. The van der Waals surface area contributed by atoms with E-state index in [4.69, 9.17) is 10.5 Å². The van der Waals surface area contributed by atoms with Gasteiger partial charge in [0.05, 0.1) is 23.3 Å². The Morgan fingerprint density at radius 3 is 2.55 bits per heavy atom. The normalized spacial score (nSPS) is 15.9. The van der Waals surface area contributed by atoms with Crippen molar-refractivity contribution in [2.24, 2.45) is 15.7 Å². The van der Waals surface area contributed by atoms with E-state index in [2.05, 4.69) is 25.0 Å². The number of nitrogens with zero attached hydrogens (tertiary/aromatic N) is 3. The highest BCUT2D eigenvalue weighted by Crippen LogP contribution is 2.31. The number of carbonyl (C=O) groups is 4. The molecule has 2 saturated carbocycles. The van der Waals surface area contributed by atoms with Crippen molar-refractivity contribution in [1.82, 2.24) is 15.2 Å². The number of esters is 1. The summed E-state index contributed by atoms with van der Waals surface area (Å²) in [7, 11) is 0. The largest absolute Gasteiger partial charge is 0.426 e. The van der Waals surface area contributed by atoms with Crippen molar-refractivity contribution < 1.29 is 33.8 Å². The molecule has 212 valence electrons. The maximum absolute atomic E-state index is 13.4. The van der Waals surface area contributed by atoms with Crippen LogP contribution in [-0.2, 0) is 14.3 Å². The number of aromatic nitrogens is 1. The molecule has 1 atom stereocenters. The van der Waals surface area contributed by atoms with E-state index < -0.39 is 30.9 Å². The Balaban J connectivity index is 1.57. The maximum atomic E-state index is 13.4. The van der Waals surface area contributed by atoms with Crippen molar-refractivity contribution in [3.8, 4) is 0 Å². The smallest absolute Gasteiger partial charge is 0.419 e. The summed E-state index contributed by atoms with van der Waals surface area (Å²) in [5.41, 5.74) is 8.51. The Morgan fingerprint density at radius 1 is 1.20 bits per heavy atom. The minimum absolute atomic E-state index is 0.179. The molecule has 1 aromatic heterocycles. The summed E-state index contributed by atoms with van der Waals surface area (Å²) in [6, 6.07) is 4.64. The summed E-state index contributed by atoms with van der Waals surface area (Å²) >= 11 is 0. The summed E-state index contributed by atoms with van der Waals surface area (Å²) in [5, 5.41) is 12.1. The lowest BCUT2D eigenvalue weighted by Gasteiger charge is -2.20. The average Bonchev–Trinajstić information content (AvgIpc) is 3.85. The monoisotopic (exact) mass is 552 g/mol. The molecule has 0 radical (unpaired) electrons. The number of nitrogens with two attached hydrogens (primary N) is 1. The molecule has 13 nitrogen and oxygen atoms in total. The molecule has 1 heterocycles. The molecule has 40 heavy (non-hydrogen) atoms. The Labute approximate surface area is 230 Å². The SMILES string of the molecule is Cc1ccc(C(=O)N(C(=O)OCOC(=O)C(C)O)C2CC2)cc1N=C(N=CN)c1[nH]cc(C(=O)NC2CC2)c1C. The van der Waals surface area contributed by atoms with Crippen LogP contribution >= 0.6 is 0 Å². The highest BCUT2D eigenvalue weighted by molar-refractivity contribution is 6.08. The summed E-state index contributed by atoms with van der Waals surface area (Å²) in [6.45, 7) is 4.06. The van der Waals surface area contributed by atoms with Crippen molar-refractivity contribution in [2.75, 3.05) is 6.79 Å². The lowest BCUT2D eigenvalue weighted by molar-refractivity contribution is -0.161. The molecule has 0 bridgehead atoms. The van der Waals surface area contributed by atoms with Gasteiger partial charge in [-0.25, -0.2) is 24.5 Å². The summed E-state index contributed by atoms with van der Waals surface area (Å²) in [6.07, 6.45) is 3.49. The number of ether oxygens (including phenoxy) is 2. The third-order valence-electron chi connectivity index (χ3n) is 6.45. The fourth-order valence-corrected chi connectivity index (χ4v) is 3.85. The minimum atomic E-state index is -1.37. The highest BCUT2D eigenvalue weighted by atomic mass is 16.7. The number of aryl methyl sites for hydroxylation is 1. The van der Waals surface area contributed by atoms with Crippen LogP contribution in [0.3, 0.4) is 0 Å². The number of amides is 3. The van der Waals surface area contributed by atoms with Gasteiger partial charge >= 0.3 is 12.1 Å². The van der Waals surface area contributed by atoms with E-state index in [9.17, 15) is 24.3 Å². The van der Waals surface area contributed by atoms with E-state index in [-0.39, 0.29) is 29.4 Å². The number of imide groups is 1. The van der Waals surface area contributed by atoms with Gasteiger partial charge in [-0.05, 0) is 69.7 Å². The maximum Gasteiger partial charge on any atom is 0.419 e. The second-order valence-electron chi connectivity index (χ2n) is 9.74. The second kappa shape index (κ2) is 12.1. The number of aliphatic imine (C=N–C) groups is 2. The number of amidine groups is 1. The molecule has 0 aliphatic heterocycles. The molecule has 2 fully saturated rings. The van der Waals surface area contributed by atoms with Gasteiger partial charge in [0, 0.05) is 23.8 Å². The lowest BCUT2D eigenvalue weighted by atomic mass is 10.1. The van der Waals surface area contributed by atoms with E-state index >= 15 is 0 Å². The number of hydrogen-bond donors (Lipinski definition) is 4. The Bertz CT molecular complexity index is 1370. The molecule has 2 aromatic rings. The van der Waals surface area contributed by atoms with Crippen LogP contribution in [0.25, 0.3) is 0 Å². The van der Waals surface area contributed by atoms with Gasteiger partial charge in [-0.1, -0.05) is 6.07 Å². The van der Waals surface area contributed by atoms with Crippen LogP contribution in [0.1, 0.15) is 70.1 Å². The van der Waals surface area contributed by atoms with Crippen molar-refractivity contribution in [1.29, 1.82) is 0 Å². The van der Waals surface area contributed by atoms with E-state index in [0.717, 1.165) is 29.6 Å². The zero-order valence-electron chi connectivity index (χ0n) is 22.5. The number of rotatable bonds is 9. The first-order valence-corrected chi connectivity index (χ1v) is 12.9. The lowest BCUT2D eigenvalue weighted by Crippen LogP contribution is -2.39. The van der Waals surface area contributed by atoms with Crippen LogP contribution in [0.15, 0.2) is 34.4 Å². The fourth-order valence-electron chi connectivity index (χ4n) is 3.85. The van der Waals surface area contributed by atoms with Crippen LogP contribution in [0.4, 0.5) is 10.5 Å². The fraction of sp³-hybridized carbons (Fsp3) is 0.407. The van der Waals surface area contributed by atoms with Crippen molar-refractivity contribution in [3.05, 3.63) is 52.3 Å². The quantitative estimate of drug-likeness (QED) is 0.158. The predicted octanol–water partition coefficient (Wildman–Crippen LogP) is 2.21. The second-order valence-corrected chi connectivity index (χ2v) is 9.74. The molecule has 1 unspecified atom stereocenters. The van der Waals surface area contributed by atoms with Gasteiger partial charge in [-0.2, -0.15) is 0 Å². The molecule has 13 heteroatoms. The minimum Gasteiger partial charge on any atom is -0.426 e. The Kier molecular flexibility index (Phi) is 8.63. The first kappa shape index (κ1) is 28.5. The van der Waals surface area contributed by atoms with Crippen LogP contribution in [0.5, 0.6) is 0 Å². The van der Waals surface area contributed by atoms with Gasteiger partial charge in [-0.15, -0.1) is 0 Å². The van der Waals surface area contributed by atoms with E-state index in [0.29, 0.717) is 35.3 Å². The van der Waals surface area contributed by atoms with Gasteiger partial charge in [0.1, 0.15) is 6.10 Å². The molecule has 1 aromatic carbocycles. The molecule has 0 spiro atoms. The molecule has 2 aliphatic rings. The summed E-state index contributed by atoms with van der Waals surface area (Å²) < 4.78 is 9.62. The molecular formula is C27H32N6O7. The van der Waals surface area contributed by atoms with Gasteiger partial charge in [0.25, 0.3) is 11.8 Å². The number of H-pyrrole nitrogens is 1. The van der Waals surface area contributed by atoms with Gasteiger partial charge < -0.3 is 30.6 Å². The predicted molar refractivity (Wildman–Crippen MR) is 144 cm³/mol. The van der Waals surface area contributed by atoms with Crippen LogP contribution in [-0.4, -0.2) is 76.0 Å². The first-order chi connectivity index (χ1) is 19.1. The van der Waals surface area contributed by atoms with Crippen LogP contribution < -0.4 is 11.1 Å². The van der Waals surface area contributed by atoms with E-state index in [1.807, 2.05) is 0 Å². The zero-order chi connectivity index (χ0) is 29.0. The molecular weight excluding hydrogens is 520 g/mol. The number of aromatic amines is 1. The third-order valence-corrected chi connectivity index (χ3v) is 6.45. The van der Waals surface area contributed by atoms with Crippen molar-refractivity contribution in [3.63, 3.8) is 0 Å². The van der Waals surface area contributed by atoms with E-state index in [1.54, 1.807) is 32.2 Å².